The van der Waals surface area contributed by atoms with Gasteiger partial charge in [0.25, 0.3) is 0 Å². The molecule has 2 aromatic rings. The molecular formula is C11H11NO2. The Kier molecular flexibility index (Phi) is 2.51. The predicted molar refractivity (Wildman–Crippen MR) is 53.7 cm³/mol. The Morgan fingerprint density at radius 1 is 1.07 bits per heavy atom. The van der Waals surface area contributed by atoms with Crippen LogP contribution in [0.4, 0.5) is 5.69 Å². The number of furan rings is 1. The molecule has 3 nitrogen and oxygen atoms in total. The first kappa shape index (κ1) is 8.84. The number of hydrogen-bond acceptors (Lipinski definition) is 3. The standard InChI is InChI=1S/C11H11NO2/c13-11(10-7-4-8-14-10)12-9-5-2-1-3-6-9/h1-8,11-13H. The van der Waals surface area contributed by atoms with E-state index in [1.807, 2.05) is 30.3 Å². The van der Waals surface area contributed by atoms with E-state index in [-0.39, 0.29) is 0 Å². The zero-order valence-corrected chi connectivity index (χ0v) is 7.55. The Hall–Kier alpha value is -1.74. The highest BCUT2D eigenvalue weighted by atomic mass is 16.4. The summed E-state index contributed by atoms with van der Waals surface area (Å²) >= 11 is 0. The van der Waals surface area contributed by atoms with Crippen LogP contribution in [0.25, 0.3) is 0 Å². The van der Waals surface area contributed by atoms with E-state index in [0.717, 1.165) is 5.69 Å². The van der Waals surface area contributed by atoms with E-state index in [0.29, 0.717) is 5.76 Å². The van der Waals surface area contributed by atoms with Gasteiger partial charge in [-0.25, -0.2) is 0 Å². The molecule has 1 heterocycles. The Bertz CT molecular complexity index is 369. The van der Waals surface area contributed by atoms with Gasteiger partial charge in [-0.15, -0.1) is 0 Å². The highest BCUT2D eigenvalue weighted by Crippen LogP contribution is 2.16. The summed E-state index contributed by atoms with van der Waals surface area (Å²) in [7, 11) is 0. The molecule has 0 fully saturated rings. The molecule has 1 unspecified atom stereocenters. The Morgan fingerprint density at radius 2 is 1.86 bits per heavy atom. The van der Waals surface area contributed by atoms with Gasteiger partial charge in [0.15, 0.2) is 12.0 Å². The molecule has 0 aliphatic rings. The van der Waals surface area contributed by atoms with Crippen LogP contribution in [-0.4, -0.2) is 5.11 Å². The minimum atomic E-state index is -0.799. The number of aliphatic hydroxyl groups is 1. The van der Waals surface area contributed by atoms with Crippen LogP contribution in [0.5, 0.6) is 0 Å². The van der Waals surface area contributed by atoms with Crippen LogP contribution in [0.15, 0.2) is 53.1 Å². The van der Waals surface area contributed by atoms with Crippen molar-refractivity contribution < 1.29 is 9.52 Å². The smallest absolute Gasteiger partial charge is 0.184 e. The van der Waals surface area contributed by atoms with E-state index in [1.165, 1.54) is 6.26 Å². The van der Waals surface area contributed by atoms with Gasteiger partial charge in [-0.05, 0) is 24.3 Å². The zero-order chi connectivity index (χ0) is 9.80. The highest BCUT2D eigenvalue weighted by Gasteiger charge is 2.08. The molecule has 0 amide bonds. The Balaban J connectivity index is 2.06. The first-order valence-corrected chi connectivity index (χ1v) is 4.39. The van der Waals surface area contributed by atoms with Crippen LogP contribution in [0, 0.1) is 0 Å². The number of benzene rings is 1. The Morgan fingerprint density at radius 3 is 2.50 bits per heavy atom. The third-order valence-corrected chi connectivity index (χ3v) is 1.89. The van der Waals surface area contributed by atoms with Gasteiger partial charge in [0.05, 0.1) is 6.26 Å². The minimum Gasteiger partial charge on any atom is -0.465 e. The van der Waals surface area contributed by atoms with Gasteiger partial charge in [-0.1, -0.05) is 18.2 Å². The fourth-order valence-corrected chi connectivity index (χ4v) is 1.21. The largest absolute Gasteiger partial charge is 0.465 e. The lowest BCUT2D eigenvalue weighted by Crippen LogP contribution is -2.08. The van der Waals surface area contributed by atoms with E-state index in [1.54, 1.807) is 12.1 Å². The molecule has 0 aliphatic carbocycles. The van der Waals surface area contributed by atoms with Crippen LogP contribution >= 0.6 is 0 Å². The molecule has 0 saturated carbocycles. The van der Waals surface area contributed by atoms with E-state index in [9.17, 15) is 5.11 Å². The quantitative estimate of drug-likeness (QED) is 0.728. The van der Waals surface area contributed by atoms with Crippen LogP contribution in [0.2, 0.25) is 0 Å². The average Bonchev–Trinajstić information content (AvgIpc) is 2.72. The summed E-state index contributed by atoms with van der Waals surface area (Å²) in [5, 5.41) is 12.6. The number of hydrogen-bond donors (Lipinski definition) is 2. The van der Waals surface area contributed by atoms with Gasteiger partial charge < -0.3 is 14.8 Å². The second-order valence-electron chi connectivity index (χ2n) is 2.93. The van der Waals surface area contributed by atoms with Crippen LogP contribution in [0.1, 0.15) is 12.0 Å². The third kappa shape index (κ3) is 1.95. The molecule has 0 aliphatic heterocycles. The number of aliphatic hydroxyl groups excluding tert-OH is 1. The number of rotatable bonds is 3. The van der Waals surface area contributed by atoms with Gasteiger partial charge in [0.2, 0.25) is 0 Å². The summed E-state index contributed by atoms with van der Waals surface area (Å²) in [6.45, 7) is 0. The minimum absolute atomic E-state index is 0.508. The summed E-state index contributed by atoms with van der Waals surface area (Å²) in [5.41, 5.74) is 0.858. The van der Waals surface area contributed by atoms with E-state index in [2.05, 4.69) is 5.32 Å². The number of nitrogens with one attached hydrogen (secondary N) is 1. The van der Waals surface area contributed by atoms with Gasteiger partial charge in [-0.2, -0.15) is 0 Å². The van der Waals surface area contributed by atoms with Crippen molar-refractivity contribution in [2.75, 3.05) is 5.32 Å². The molecule has 0 spiro atoms. The van der Waals surface area contributed by atoms with Crippen LogP contribution in [0.3, 0.4) is 0 Å². The number of para-hydroxylation sites is 1. The summed E-state index contributed by atoms with van der Waals surface area (Å²) in [4.78, 5) is 0. The van der Waals surface area contributed by atoms with Gasteiger partial charge in [0.1, 0.15) is 0 Å². The normalized spacial score (nSPS) is 12.4. The van der Waals surface area contributed by atoms with Gasteiger partial charge in [0, 0.05) is 5.69 Å². The molecule has 1 aromatic heterocycles. The topological polar surface area (TPSA) is 45.4 Å². The summed E-state index contributed by atoms with van der Waals surface area (Å²) < 4.78 is 5.05. The zero-order valence-electron chi connectivity index (χ0n) is 7.55. The van der Waals surface area contributed by atoms with Crippen molar-refractivity contribution in [2.24, 2.45) is 0 Å². The van der Waals surface area contributed by atoms with Crippen molar-refractivity contribution in [2.45, 2.75) is 6.23 Å². The van der Waals surface area contributed by atoms with Crippen molar-refractivity contribution in [1.82, 2.24) is 0 Å². The molecule has 1 aromatic carbocycles. The summed E-state index contributed by atoms with van der Waals surface area (Å²) in [6.07, 6.45) is 0.734. The first-order valence-electron chi connectivity index (χ1n) is 4.39. The molecule has 0 saturated heterocycles. The van der Waals surface area contributed by atoms with Crippen LogP contribution in [-0.2, 0) is 0 Å². The lowest BCUT2D eigenvalue weighted by molar-refractivity contribution is 0.178. The van der Waals surface area contributed by atoms with Crippen LogP contribution < -0.4 is 5.32 Å². The fourth-order valence-electron chi connectivity index (χ4n) is 1.21. The lowest BCUT2D eigenvalue weighted by Gasteiger charge is -2.11. The highest BCUT2D eigenvalue weighted by molar-refractivity contribution is 5.43. The van der Waals surface area contributed by atoms with Crippen molar-refractivity contribution in [3.63, 3.8) is 0 Å². The maximum absolute atomic E-state index is 9.66. The second kappa shape index (κ2) is 3.98. The molecule has 2 N–H and O–H groups in total. The van der Waals surface area contributed by atoms with Crippen molar-refractivity contribution in [3.05, 3.63) is 54.5 Å². The molecule has 72 valence electrons. The monoisotopic (exact) mass is 189 g/mol. The molecule has 14 heavy (non-hydrogen) atoms. The predicted octanol–water partition coefficient (Wildman–Crippen LogP) is 2.38. The van der Waals surface area contributed by atoms with Gasteiger partial charge >= 0.3 is 0 Å². The van der Waals surface area contributed by atoms with Crippen molar-refractivity contribution >= 4 is 5.69 Å². The molecule has 2 rings (SSSR count). The molecule has 1 atom stereocenters. The van der Waals surface area contributed by atoms with Crippen molar-refractivity contribution in [1.29, 1.82) is 0 Å². The summed E-state index contributed by atoms with van der Waals surface area (Å²) in [5.74, 6) is 0.508. The molecule has 0 bridgehead atoms. The first-order chi connectivity index (χ1) is 6.86. The maximum Gasteiger partial charge on any atom is 0.184 e. The average molecular weight is 189 g/mol. The van der Waals surface area contributed by atoms with Crippen molar-refractivity contribution in [3.8, 4) is 0 Å². The lowest BCUT2D eigenvalue weighted by atomic mass is 10.3. The third-order valence-electron chi connectivity index (χ3n) is 1.89. The molecular weight excluding hydrogens is 178 g/mol. The second-order valence-corrected chi connectivity index (χ2v) is 2.93. The summed E-state index contributed by atoms with van der Waals surface area (Å²) in [6, 6.07) is 12.9. The van der Waals surface area contributed by atoms with E-state index >= 15 is 0 Å². The SMILES string of the molecule is OC(Nc1ccccc1)c1ccco1. The molecule has 3 heteroatoms. The molecule has 0 radical (unpaired) electrons. The maximum atomic E-state index is 9.66. The Labute approximate surface area is 82.0 Å². The van der Waals surface area contributed by atoms with E-state index in [4.69, 9.17) is 4.42 Å². The van der Waals surface area contributed by atoms with Gasteiger partial charge in [-0.3, -0.25) is 0 Å². The number of anilines is 1. The van der Waals surface area contributed by atoms with E-state index < -0.39 is 6.23 Å². The fraction of sp³-hybridized carbons (Fsp3) is 0.0909.